The van der Waals surface area contributed by atoms with Crippen LogP contribution in [0.3, 0.4) is 0 Å². The Labute approximate surface area is 222 Å². The summed E-state index contributed by atoms with van der Waals surface area (Å²) in [4.78, 5) is 41.0. The number of allylic oxidation sites excluding steroid dienone is 3. The molecule has 204 valence electrons. The van der Waals surface area contributed by atoms with Crippen LogP contribution >= 0.6 is 0 Å². The van der Waals surface area contributed by atoms with Crippen molar-refractivity contribution in [2.75, 3.05) is 7.11 Å². The molecule has 37 heavy (non-hydrogen) atoms. The third kappa shape index (κ3) is 3.18. The molecule has 4 fully saturated rings. The van der Waals surface area contributed by atoms with Crippen LogP contribution in [0.4, 0.5) is 0 Å². The summed E-state index contributed by atoms with van der Waals surface area (Å²) in [6, 6.07) is 0. The number of hydrogen-bond donors (Lipinski definition) is 1. The van der Waals surface area contributed by atoms with Crippen molar-refractivity contribution in [3.63, 3.8) is 0 Å². The molecule has 4 saturated carbocycles. The highest BCUT2D eigenvalue weighted by molar-refractivity contribution is 6.01. The first-order chi connectivity index (χ1) is 17.0. The SMILES string of the molecule is COC(=O)[C@]12CCC(C)(C)C[C@H]1[C@H]1C(=O)C=C3[C@@]4(C)C/C(=C/O)C(=O)C(C)(C)[C@@H]4CC[C@@]3(C)[C@]1(C)CC2. The van der Waals surface area contributed by atoms with Crippen molar-refractivity contribution in [2.24, 2.45) is 50.2 Å². The maximum atomic E-state index is 14.4. The van der Waals surface area contributed by atoms with Gasteiger partial charge in [-0.1, -0.05) is 54.0 Å². The van der Waals surface area contributed by atoms with Gasteiger partial charge in [-0.15, -0.1) is 0 Å². The fourth-order valence-electron chi connectivity index (χ4n) is 10.5. The average molecular weight is 511 g/mol. The Morgan fingerprint density at radius 3 is 2.27 bits per heavy atom. The Kier molecular flexibility index (Phi) is 5.64. The molecule has 0 bridgehead atoms. The summed E-state index contributed by atoms with van der Waals surface area (Å²) in [5.74, 6) is -0.111. The van der Waals surface area contributed by atoms with Gasteiger partial charge < -0.3 is 9.84 Å². The molecular weight excluding hydrogens is 464 g/mol. The first kappa shape index (κ1) is 26.7. The number of hydrogen-bond acceptors (Lipinski definition) is 5. The molecule has 5 rings (SSSR count). The lowest BCUT2D eigenvalue weighted by atomic mass is 9.33. The molecule has 0 aromatic heterocycles. The number of rotatable bonds is 1. The van der Waals surface area contributed by atoms with Gasteiger partial charge >= 0.3 is 5.97 Å². The molecule has 0 amide bonds. The van der Waals surface area contributed by atoms with E-state index in [2.05, 4.69) is 34.6 Å². The molecule has 7 atom stereocenters. The minimum absolute atomic E-state index is 0.0258. The van der Waals surface area contributed by atoms with E-state index < -0.39 is 10.8 Å². The second-order valence-corrected chi connectivity index (χ2v) is 15.2. The number of fused-ring (bicyclic) bond motifs is 7. The van der Waals surface area contributed by atoms with Crippen LogP contribution in [0.2, 0.25) is 0 Å². The lowest BCUT2D eigenvalue weighted by molar-refractivity contribution is -0.192. The van der Waals surface area contributed by atoms with E-state index in [1.807, 2.05) is 19.9 Å². The van der Waals surface area contributed by atoms with Crippen LogP contribution in [0, 0.1) is 50.2 Å². The van der Waals surface area contributed by atoms with E-state index in [1.165, 1.54) is 12.7 Å². The van der Waals surface area contributed by atoms with Crippen molar-refractivity contribution < 1.29 is 24.2 Å². The van der Waals surface area contributed by atoms with Crippen LogP contribution in [-0.4, -0.2) is 29.8 Å². The molecule has 0 unspecified atom stereocenters. The maximum absolute atomic E-state index is 14.4. The molecule has 0 saturated heterocycles. The molecule has 1 N–H and O–H groups in total. The predicted molar refractivity (Wildman–Crippen MR) is 143 cm³/mol. The van der Waals surface area contributed by atoms with Gasteiger partial charge in [-0.05, 0) is 90.9 Å². The predicted octanol–water partition coefficient (Wildman–Crippen LogP) is 6.76. The number of aliphatic hydroxyl groups excluding tert-OH is 1. The zero-order valence-electron chi connectivity index (χ0n) is 24.1. The molecule has 0 aromatic rings. The van der Waals surface area contributed by atoms with Gasteiger partial charge in [-0.25, -0.2) is 0 Å². The summed E-state index contributed by atoms with van der Waals surface area (Å²) in [6.07, 6.45) is 9.42. The lowest BCUT2D eigenvalue weighted by Gasteiger charge is -2.69. The molecule has 5 heteroatoms. The van der Waals surface area contributed by atoms with E-state index >= 15 is 0 Å². The normalized spacial score (nSPS) is 47.2. The third-order valence-electron chi connectivity index (χ3n) is 12.7. The first-order valence-corrected chi connectivity index (χ1v) is 14.3. The van der Waals surface area contributed by atoms with E-state index in [1.54, 1.807) is 0 Å². The highest BCUT2D eigenvalue weighted by Crippen LogP contribution is 2.75. The molecule has 0 heterocycles. The quantitative estimate of drug-likeness (QED) is 0.239. The number of esters is 1. The Morgan fingerprint density at radius 1 is 1.00 bits per heavy atom. The zero-order valence-corrected chi connectivity index (χ0v) is 24.1. The van der Waals surface area contributed by atoms with Gasteiger partial charge in [0.25, 0.3) is 0 Å². The Balaban J connectivity index is 1.68. The molecule has 5 aliphatic carbocycles. The second-order valence-electron chi connectivity index (χ2n) is 15.2. The van der Waals surface area contributed by atoms with Crippen LogP contribution in [0.1, 0.15) is 99.8 Å². The van der Waals surface area contributed by atoms with E-state index in [0.717, 1.165) is 51.2 Å². The molecule has 0 spiro atoms. The molecule has 0 aliphatic heterocycles. The second kappa shape index (κ2) is 7.82. The van der Waals surface area contributed by atoms with Crippen LogP contribution in [-0.2, 0) is 19.1 Å². The van der Waals surface area contributed by atoms with E-state index in [-0.39, 0.29) is 56.9 Å². The standard InChI is InChI=1S/C32H46O5/c1-27(2)11-13-32(26(36)37-8)14-12-31(7)24(20(32)17-27)21(34)15-23-29(5)16-19(18-33)25(35)28(3,4)22(29)9-10-30(23,31)6/h15,18,20,22,24,33H,9-14,16-17H2,1-8H3/b19-18-/t20-,22-,24-,29-,30+,31+,32-/m0/s1. The zero-order chi connectivity index (χ0) is 27.4. The van der Waals surface area contributed by atoms with Crippen molar-refractivity contribution in [2.45, 2.75) is 99.8 Å². The summed E-state index contributed by atoms with van der Waals surface area (Å²) in [6.45, 7) is 15.4. The van der Waals surface area contributed by atoms with E-state index in [4.69, 9.17) is 4.74 Å². The summed E-state index contributed by atoms with van der Waals surface area (Å²) in [5.41, 5.74) is -0.375. The number of carbonyl (C=O) groups excluding carboxylic acids is 3. The van der Waals surface area contributed by atoms with Gasteiger partial charge in [0.15, 0.2) is 11.6 Å². The number of methoxy groups -OCH3 is 1. The fourth-order valence-corrected chi connectivity index (χ4v) is 10.5. The van der Waals surface area contributed by atoms with Gasteiger partial charge in [-0.2, -0.15) is 0 Å². The Bertz CT molecular complexity index is 1130. The Hall–Kier alpha value is -1.91. The van der Waals surface area contributed by atoms with Crippen LogP contribution in [0.5, 0.6) is 0 Å². The summed E-state index contributed by atoms with van der Waals surface area (Å²) < 4.78 is 5.41. The van der Waals surface area contributed by atoms with Gasteiger partial charge in [0.1, 0.15) is 0 Å². The topological polar surface area (TPSA) is 80.7 Å². The van der Waals surface area contributed by atoms with Crippen molar-refractivity contribution >= 4 is 17.5 Å². The summed E-state index contributed by atoms with van der Waals surface area (Å²) in [5, 5.41) is 10.0. The van der Waals surface area contributed by atoms with E-state index in [0.29, 0.717) is 12.0 Å². The number of ketones is 2. The number of Topliss-reactive ketones (excluding diaryl/α,β-unsaturated/α-hetero) is 1. The minimum Gasteiger partial charge on any atom is -0.515 e. The van der Waals surface area contributed by atoms with Gasteiger partial charge in [-0.3, -0.25) is 14.4 Å². The maximum Gasteiger partial charge on any atom is 0.312 e. The third-order valence-corrected chi connectivity index (χ3v) is 12.7. The molecular formula is C32H46O5. The number of ether oxygens (including phenoxy) is 1. The number of carbonyl (C=O) groups is 3. The Morgan fingerprint density at radius 2 is 1.65 bits per heavy atom. The van der Waals surface area contributed by atoms with Crippen molar-refractivity contribution in [1.82, 2.24) is 0 Å². The average Bonchev–Trinajstić information content (AvgIpc) is 2.82. The summed E-state index contributed by atoms with van der Waals surface area (Å²) >= 11 is 0. The molecule has 5 nitrogen and oxygen atoms in total. The largest absolute Gasteiger partial charge is 0.515 e. The first-order valence-electron chi connectivity index (χ1n) is 14.3. The highest BCUT2D eigenvalue weighted by Gasteiger charge is 2.71. The lowest BCUT2D eigenvalue weighted by Crippen LogP contribution is -2.66. The van der Waals surface area contributed by atoms with Crippen LogP contribution in [0.25, 0.3) is 0 Å². The molecule has 0 radical (unpaired) electrons. The highest BCUT2D eigenvalue weighted by atomic mass is 16.5. The van der Waals surface area contributed by atoms with Crippen molar-refractivity contribution in [1.29, 1.82) is 0 Å². The monoisotopic (exact) mass is 510 g/mol. The smallest absolute Gasteiger partial charge is 0.312 e. The van der Waals surface area contributed by atoms with Gasteiger partial charge in [0.05, 0.1) is 18.8 Å². The van der Waals surface area contributed by atoms with Gasteiger partial charge in [0, 0.05) is 16.9 Å². The van der Waals surface area contributed by atoms with Crippen molar-refractivity contribution in [3.8, 4) is 0 Å². The van der Waals surface area contributed by atoms with Crippen molar-refractivity contribution in [3.05, 3.63) is 23.5 Å². The molecule has 0 aromatic carbocycles. The fraction of sp³-hybridized carbons (Fsp3) is 0.781. The van der Waals surface area contributed by atoms with Crippen LogP contribution in [0.15, 0.2) is 23.5 Å². The molecule has 5 aliphatic rings. The summed E-state index contributed by atoms with van der Waals surface area (Å²) in [7, 11) is 1.49. The number of aliphatic hydroxyl groups is 1. The van der Waals surface area contributed by atoms with Gasteiger partial charge in [0.2, 0.25) is 0 Å². The van der Waals surface area contributed by atoms with Crippen LogP contribution < -0.4 is 0 Å². The minimum atomic E-state index is -0.607. The van der Waals surface area contributed by atoms with E-state index in [9.17, 15) is 19.5 Å².